The van der Waals surface area contributed by atoms with E-state index in [1.807, 2.05) is 0 Å². The van der Waals surface area contributed by atoms with E-state index in [1.165, 1.54) is 0 Å². The second-order valence-electron chi connectivity index (χ2n) is 6.83. The zero-order valence-corrected chi connectivity index (χ0v) is 18.3. The van der Waals surface area contributed by atoms with Crippen LogP contribution >= 0.6 is 38.7 Å². The van der Waals surface area contributed by atoms with Gasteiger partial charge in [-0.2, -0.15) is 0 Å². The molecule has 0 radical (unpaired) electrons. The van der Waals surface area contributed by atoms with Crippen LogP contribution in [0.3, 0.4) is 0 Å². The zero-order valence-electron chi connectivity index (χ0n) is 15.0. The normalized spacial score (nSPS) is 32.1. The summed E-state index contributed by atoms with van der Waals surface area (Å²) in [6.45, 7) is 0.245. The third-order valence-electron chi connectivity index (χ3n) is 4.38. The summed E-state index contributed by atoms with van der Waals surface area (Å²) in [5, 5.41) is 6.63. The van der Waals surface area contributed by atoms with E-state index < -0.39 is 20.9 Å². The third kappa shape index (κ3) is 5.16. The fraction of sp³-hybridized carbons (Fsp3) is 0.294. The van der Waals surface area contributed by atoms with E-state index in [4.69, 9.17) is 41.3 Å². The zero-order chi connectivity index (χ0) is 20.5. The molecule has 2 aromatic rings. The Morgan fingerprint density at radius 2 is 0.966 bits per heavy atom. The molecular formula is C17H18Cl2N2O6P2. The Labute approximate surface area is 178 Å². The molecular weight excluding hydrogens is 461 g/mol. The minimum Gasteiger partial charge on any atom is -0.293 e. The van der Waals surface area contributed by atoms with Crippen LogP contribution in [0.2, 0.25) is 10.0 Å². The highest BCUT2D eigenvalue weighted by Crippen LogP contribution is 2.58. The second-order valence-corrected chi connectivity index (χ2v) is 11.2. The summed E-state index contributed by atoms with van der Waals surface area (Å²) in [5.41, 5.74) is 0.411. The fourth-order valence-corrected chi connectivity index (χ4v) is 6.07. The largest absolute Gasteiger partial charge is 0.432 e. The lowest BCUT2D eigenvalue weighted by Gasteiger charge is -2.42. The topological polar surface area (TPSA) is 95.1 Å². The SMILES string of the molecule is O=P1(Nc2ccc(Cl)cc2)OCC2(CO1)COP(=O)(Nc1ccc(Cl)cc1)OC2. The first-order chi connectivity index (χ1) is 13.8. The molecule has 2 N–H and O–H groups in total. The van der Waals surface area contributed by atoms with Gasteiger partial charge in [0.1, 0.15) is 0 Å². The van der Waals surface area contributed by atoms with Crippen LogP contribution in [-0.4, -0.2) is 26.4 Å². The van der Waals surface area contributed by atoms with Crippen LogP contribution in [0.15, 0.2) is 48.5 Å². The summed E-state index contributed by atoms with van der Waals surface area (Å²) < 4.78 is 47.5. The first kappa shape index (κ1) is 21.2. The van der Waals surface area contributed by atoms with Crippen LogP contribution in [0.5, 0.6) is 0 Å². The Balaban J connectivity index is 1.34. The van der Waals surface area contributed by atoms with E-state index in [2.05, 4.69) is 10.2 Å². The van der Waals surface area contributed by atoms with Crippen LogP contribution in [0.25, 0.3) is 0 Å². The van der Waals surface area contributed by atoms with Gasteiger partial charge in [0.05, 0.1) is 31.8 Å². The molecule has 2 fully saturated rings. The number of anilines is 2. The summed E-state index contributed by atoms with van der Waals surface area (Å²) in [6, 6.07) is 13.3. The van der Waals surface area contributed by atoms with Crippen LogP contribution in [0.4, 0.5) is 11.4 Å². The molecule has 0 aliphatic carbocycles. The van der Waals surface area contributed by atoms with Gasteiger partial charge in [0.15, 0.2) is 0 Å². The first-order valence-electron chi connectivity index (χ1n) is 8.63. The van der Waals surface area contributed by atoms with Crippen molar-refractivity contribution in [1.82, 2.24) is 0 Å². The molecule has 0 saturated carbocycles. The Morgan fingerprint density at radius 3 is 1.28 bits per heavy atom. The van der Waals surface area contributed by atoms with Crippen LogP contribution in [0.1, 0.15) is 0 Å². The molecule has 12 heteroatoms. The minimum absolute atomic E-state index is 0.0613. The summed E-state index contributed by atoms with van der Waals surface area (Å²) >= 11 is 11.7. The van der Waals surface area contributed by atoms with Gasteiger partial charge in [0.25, 0.3) is 0 Å². The highest BCUT2D eigenvalue weighted by Gasteiger charge is 2.49. The van der Waals surface area contributed by atoms with Gasteiger partial charge < -0.3 is 0 Å². The number of hydrogen-bond acceptors (Lipinski definition) is 6. The van der Waals surface area contributed by atoms with E-state index in [9.17, 15) is 9.13 Å². The predicted molar refractivity (Wildman–Crippen MR) is 112 cm³/mol. The van der Waals surface area contributed by atoms with E-state index in [0.717, 1.165) is 0 Å². The molecule has 2 saturated heterocycles. The van der Waals surface area contributed by atoms with Crippen LogP contribution < -0.4 is 10.2 Å². The monoisotopic (exact) mass is 478 g/mol. The molecule has 2 aliphatic heterocycles. The summed E-state index contributed by atoms with van der Waals surface area (Å²) in [6.07, 6.45) is 0. The number of nitrogens with one attached hydrogen (secondary N) is 2. The number of halogens is 2. The lowest BCUT2D eigenvalue weighted by molar-refractivity contribution is -0.0667. The number of benzene rings is 2. The van der Waals surface area contributed by atoms with Gasteiger partial charge in [-0.3, -0.25) is 28.3 Å². The molecule has 29 heavy (non-hydrogen) atoms. The Bertz CT molecular complexity index is 866. The minimum atomic E-state index is -3.54. The Morgan fingerprint density at radius 1 is 0.655 bits per heavy atom. The third-order valence-corrected chi connectivity index (χ3v) is 7.83. The van der Waals surface area contributed by atoms with Crippen molar-refractivity contribution in [2.75, 3.05) is 36.6 Å². The van der Waals surface area contributed by atoms with E-state index in [0.29, 0.717) is 21.4 Å². The molecule has 2 aliphatic rings. The molecule has 0 amide bonds. The van der Waals surface area contributed by atoms with Crippen molar-refractivity contribution in [1.29, 1.82) is 0 Å². The highest BCUT2D eigenvalue weighted by atomic mass is 35.5. The fourth-order valence-electron chi connectivity index (χ4n) is 2.71. The number of hydrogen-bond donors (Lipinski definition) is 2. The van der Waals surface area contributed by atoms with Crippen molar-refractivity contribution < 1.29 is 27.2 Å². The average Bonchev–Trinajstić information content (AvgIpc) is 2.71. The van der Waals surface area contributed by atoms with Gasteiger partial charge in [-0.25, -0.2) is 9.13 Å². The maximum atomic E-state index is 12.8. The summed E-state index contributed by atoms with van der Waals surface area (Å²) in [7, 11) is -7.07. The Kier molecular flexibility index (Phi) is 6.00. The standard InChI is InChI=1S/C17H18Cl2N2O6P2/c18-13-1-5-15(6-2-13)20-28(22)24-9-17(10-25-28)11-26-29(23,27-12-17)21-16-7-3-14(19)4-8-16/h1-8H,9-12H2,(H,20,22)(H,21,23). The number of rotatable bonds is 4. The van der Waals surface area contributed by atoms with E-state index >= 15 is 0 Å². The van der Waals surface area contributed by atoms with Gasteiger partial charge >= 0.3 is 15.5 Å². The van der Waals surface area contributed by atoms with Gasteiger partial charge in [-0.1, -0.05) is 23.2 Å². The average molecular weight is 479 g/mol. The van der Waals surface area contributed by atoms with Gasteiger partial charge in [0, 0.05) is 21.4 Å². The van der Waals surface area contributed by atoms with E-state index in [-0.39, 0.29) is 26.4 Å². The molecule has 0 atom stereocenters. The van der Waals surface area contributed by atoms with Gasteiger partial charge in [-0.15, -0.1) is 0 Å². The summed E-state index contributed by atoms with van der Waals surface area (Å²) in [5.74, 6) is 0. The molecule has 1 spiro atoms. The molecule has 2 aromatic carbocycles. The molecule has 2 heterocycles. The lowest BCUT2D eigenvalue weighted by atomic mass is 9.93. The van der Waals surface area contributed by atoms with Crippen molar-refractivity contribution in [3.05, 3.63) is 58.6 Å². The molecule has 0 aromatic heterocycles. The molecule has 0 unspecified atom stereocenters. The maximum Gasteiger partial charge on any atom is 0.432 e. The van der Waals surface area contributed by atoms with Crippen molar-refractivity contribution >= 4 is 50.1 Å². The summed E-state index contributed by atoms with van der Waals surface area (Å²) in [4.78, 5) is 0. The van der Waals surface area contributed by atoms with Crippen LogP contribution in [0, 0.1) is 5.41 Å². The Hall–Kier alpha value is -1.08. The molecule has 0 bridgehead atoms. The second kappa shape index (κ2) is 8.22. The predicted octanol–water partition coefficient (Wildman–Crippen LogP) is 5.81. The van der Waals surface area contributed by atoms with Gasteiger partial charge in [0.2, 0.25) is 0 Å². The van der Waals surface area contributed by atoms with Crippen molar-refractivity contribution in [3.8, 4) is 0 Å². The van der Waals surface area contributed by atoms with Crippen LogP contribution in [-0.2, 0) is 27.2 Å². The van der Waals surface area contributed by atoms with Gasteiger partial charge in [-0.05, 0) is 48.5 Å². The molecule has 4 rings (SSSR count). The van der Waals surface area contributed by atoms with Crippen molar-refractivity contribution in [2.24, 2.45) is 5.41 Å². The molecule has 8 nitrogen and oxygen atoms in total. The van der Waals surface area contributed by atoms with Crippen molar-refractivity contribution in [3.63, 3.8) is 0 Å². The highest BCUT2D eigenvalue weighted by molar-refractivity contribution is 7.55. The van der Waals surface area contributed by atoms with E-state index in [1.54, 1.807) is 48.5 Å². The first-order valence-corrected chi connectivity index (χ1v) is 12.5. The van der Waals surface area contributed by atoms with Crippen molar-refractivity contribution in [2.45, 2.75) is 0 Å². The smallest absolute Gasteiger partial charge is 0.293 e. The lowest BCUT2D eigenvalue weighted by Crippen LogP contribution is -2.46. The maximum absolute atomic E-state index is 12.8. The molecule has 156 valence electrons. The quantitative estimate of drug-likeness (QED) is 0.531.